The first-order valence-corrected chi connectivity index (χ1v) is 9.98. The second kappa shape index (κ2) is 9.11. The van der Waals surface area contributed by atoms with Crippen LogP contribution in [0.3, 0.4) is 0 Å². The number of carbonyl (C=O) groups excluding carboxylic acids is 1. The van der Waals surface area contributed by atoms with Gasteiger partial charge in [0, 0.05) is 29.9 Å². The third kappa shape index (κ3) is 5.26. The normalized spacial score (nSPS) is 10.6. The minimum absolute atomic E-state index is 0.153. The topological polar surface area (TPSA) is 90.1 Å². The van der Waals surface area contributed by atoms with Crippen molar-refractivity contribution in [3.8, 4) is 17.3 Å². The lowest BCUT2D eigenvalue weighted by atomic mass is 10.2. The molecule has 1 N–H and O–H groups in total. The largest absolute Gasteiger partial charge is 0.473 e. The van der Waals surface area contributed by atoms with Crippen molar-refractivity contribution < 1.29 is 13.9 Å². The third-order valence-corrected chi connectivity index (χ3v) is 4.73. The van der Waals surface area contributed by atoms with E-state index in [-0.39, 0.29) is 12.3 Å². The molecule has 146 valence electrons. The van der Waals surface area contributed by atoms with Crippen molar-refractivity contribution in [2.45, 2.75) is 19.4 Å². The molecule has 0 atom stereocenters. The van der Waals surface area contributed by atoms with E-state index in [4.69, 9.17) is 9.15 Å². The van der Waals surface area contributed by atoms with Crippen LogP contribution in [0, 0.1) is 0 Å². The summed E-state index contributed by atoms with van der Waals surface area (Å²) in [6.45, 7) is 0.442. The summed E-state index contributed by atoms with van der Waals surface area (Å²) < 4.78 is 11.2. The van der Waals surface area contributed by atoms with E-state index in [0.29, 0.717) is 36.4 Å². The highest BCUT2D eigenvalue weighted by Gasteiger charge is 2.11. The van der Waals surface area contributed by atoms with Crippen molar-refractivity contribution in [3.63, 3.8) is 0 Å². The average Bonchev–Trinajstić information content (AvgIpc) is 3.44. The summed E-state index contributed by atoms with van der Waals surface area (Å²) in [6, 6.07) is 15.2. The van der Waals surface area contributed by atoms with E-state index in [1.165, 1.54) is 0 Å². The van der Waals surface area contributed by atoms with Gasteiger partial charge in [0.2, 0.25) is 23.6 Å². The summed E-state index contributed by atoms with van der Waals surface area (Å²) in [5.74, 6) is 1.25. The summed E-state index contributed by atoms with van der Waals surface area (Å²) in [5, 5.41) is 14.7. The predicted octanol–water partition coefficient (Wildman–Crippen LogP) is 4.34. The number of anilines is 1. The molecule has 0 bridgehead atoms. The maximum absolute atomic E-state index is 12.2. The Balaban J connectivity index is 1.24. The number of benzene rings is 1. The van der Waals surface area contributed by atoms with Gasteiger partial charge in [0.25, 0.3) is 0 Å². The summed E-state index contributed by atoms with van der Waals surface area (Å²) in [5.41, 5.74) is 2.56. The molecule has 3 heterocycles. The van der Waals surface area contributed by atoms with Crippen LogP contribution in [0.1, 0.15) is 17.9 Å². The molecule has 4 rings (SSSR count). The van der Waals surface area contributed by atoms with Crippen molar-refractivity contribution >= 4 is 22.9 Å². The van der Waals surface area contributed by atoms with E-state index in [9.17, 15) is 4.79 Å². The molecule has 0 aliphatic rings. The second-order valence-corrected chi connectivity index (χ2v) is 7.00. The molecule has 7 nitrogen and oxygen atoms in total. The van der Waals surface area contributed by atoms with Crippen molar-refractivity contribution in [2.75, 3.05) is 5.32 Å². The van der Waals surface area contributed by atoms with Crippen LogP contribution in [0.15, 0.2) is 69.9 Å². The first-order chi connectivity index (χ1) is 14.3. The van der Waals surface area contributed by atoms with Crippen molar-refractivity contribution in [1.29, 1.82) is 0 Å². The fraction of sp³-hybridized carbons (Fsp3) is 0.143. The number of aryl methyl sites for hydroxylation is 1. The number of thiophene rings is 1. The van der Waals surface area contributed by atoms with Crippen LogP contribution in [0.2, 0.25) is 0 Å². The molecule has 1 aromatic carbocycles. The molecule has 0 fully saturated rings. The minimum atomic E-state index is -0.153. The van der Waals surface area contributed by atoms with Crippen molar-refractivity contribution in [2.24, 2.45) is 0 Å². The number of carbonyl (C=O) groups is 1. The zero-order chi connectivity index (χ0) is 19.9. The Morgan fingerprint density at radius 3 is 2.76 bits per heavy atom. The molecule has 0 spiro atoms. The number of amides is 1. The van der Waals surface area contributed by atoms with Crippen LogP contribution in [0.4, 0.5) is 5.69 Å². The Morgan fingerprint density at radius 1 is 1.10 bits per heavy atom. The van der Waals surface area contributed by atoms with Gasteiger partial charge in [0.05, 0.1) is 11.9 Å². The summed E-state index contributed by atoms with van der Waals surface area (Å²) in [6.07, 6.45) is 2.17. The van der Waals surface area contributed by atoms with E-state index in [2.05, 4.69) is 20.5 Å². The molecule has 8 heteroatoms. The minimum Gasteiger partial charge on any atom is -0.473 e. The van der Waals surface area contributed by atoms with Crippen molar-refractivity contribution in [1.82, 2.24) is 15.2 Å². The lowest BCUT2D eigenvalue weighted by molar-refractivity contribution is -0.116. The van der Waals surface area contributed by atoms with E-state index < -0.39 is 0 Å². The standard InChI is InChI=1S/C21H18N4O3S/c26-18(7-9-20-24-25-21(28-20)16-10-11-29-14-16)23-17-6-8-19(22-12-17)27-13-15-4-2-1-3-5-15/h1-6,8,10-12,14H,7,9,13H2,(H,23,26). The summed E-state index contributed by atoms with van der Waals surface area (Å²) >= 11 is 1.56. The SMILES string of the molecule is O=C(CCc1nnc(-c2ccsc2)o1)Nc1ccc(OCc2ccccc2)nc1. The molecular weight excluding hydrogens is 388 g/mol. The first kappa shape index (κ1) is 18.8. The fourth-order valence-electron chi connectivity index (χ4n) is 2.57. The molecule has 0 saturated heterocycles. The number of aromatic nitrogens is 3. The Bertz CT molecular complexity index is 1050. The maximum atomic E-state index is 12.2. The molecule has 0 aliphatic heterocycles. The fourth-order valence-corrected chi connectivity index (χ4v) is 3.20. The van der Waals surface area contributed by atoms with Gasteiger partial charge in [-0.3, -0.25) is 4.79 Å². The Hall–Kier alpha value is -3.52. The van der Waals surface area contributed by atoms with Crippen LogP contribution in [-0.4, -0.2) is 21.1 Å². The van der Waals surface area contributed by atoms with E-state index in [0.717, 1.165) is 11.1 Å². The van der Waals surface area contributed by atoms with Gasteiger partial charge < -0.3 is 14.5 Å². The van der Waals surface area contributed by atoms with E-state index >= 15 is 0 Å². The second-order valence-electron chi connectivity index (χ2n) is 6.22. The van der Waals surface area contributed by atoms with Crippen LogP contribution in [-0.2, 0) is 17.8 Å². The van der Waals surface area contributed by atoms with Gasteiger partial charge in [-0.1, -0.05) is 30.3 Å². The molecule has 0 saturated carbocycles. The number of pyridine rings is 1. The number of rotatable bonds is 8. The lowest BCUT2D eigenvalue weighted by Crippen LogP contribution is -2.12. The first-order valence-electron chi connectivity index (χ1n) is 9.04. The van der Waals surface area contributed by atoms with Crippen molar-refractivity contribution in [3.05, 3.63) is 76.9 Å². The lowest BCUT2D eigenvalue weighted by Gasteiger charge is -2.07. The summed E-state index contributed by atoms with van der Waals surface area (Å²) in [4.78, 5) is 16.4. The Labute approximate surface area is 171 Å². The predicted molar refractivity (Wildman–Crippen MR) is 110 cm³/mol. The highest BCUT2D eigenvalue weighted by Crippen LogP contribution is 2.21. The zero-order valence-corrected chi connectivity index (χ0v) is 16.3. The van der Waals surface area contributed by atoms with Gasteiger partial charge >= 0.3 is 0 Å². The van der Waals surface area contributed by atoms with Crippen LogP contribution >= 0.6 is 11.3 Å². The van der Waals surface area contributed by atoms with E-state index in [1.807, 2.05) is 47.2 Å². The van der Waals surface area contributed by atoms with Crippen LogP contribution < -0.4 is 10.1 Å². The maximum Gasteiger partial charge on any atom is 0.248 e. The summed E-state index contributed by atoms with van der Waals surface area (Å²) in [7, 11) is 0. The van der Waals surface area contributed by atoms with Gasteiger partial charge in [-0.15, -0.1) is 10.2 Å². The average molecular weight is 406 g/mol. The number of nitrogens with zero attached hydrogens (tertiary/aromatic N) is 3. The number of hydrogen-bond donors (Lipinski definition) is 1. The number of nitrogens with one attached hydrogen (secondary N) is 1. The monoisotopic (exact) mass is 406 g/mol. The van der Waals surface area contributed by atoms with Gasteiger partial charge in [0.15, 0.2) is 0 Å². The molecular formula is C21H18N4O3S. The highest BCUT2D eigenvalue weighted by atomic mass is 32.1. The molecule has 29 heavy (non-hydrogen) atoms. The van der Waals surface area contributed by atoms with Gasteiger partial charge in [0.1, 0.15) is 6.61 Å². The molecule has 1 amide bonds. The molecule has 3 aromatic heterocycles. The van der Waals surface area contributed by atoms with Gasteiger partial charge in [-0.2, -0.15) is 11.3 Å². The molecule has 0 aliphatic carbocycles. The van der Waals surface area contributed by atoms with Crippen LogP contribution in [0.5, 0.6) is 5.88 Å². The highest BCUT2D eigenvalue weighted by molar-refractivity contribution is 7.08. The zero-order valence-electron chi connectivity index (χ0n) is 15.4. The third-order valence-electron chi connectivity index (χ3n) is 4.05. The number of ether oxygens (including phenoxy) is 1. The quantitative estimate of drug-likeness (QED) is 0.468. The van der Waals surface area contributed by atoms with Crippen LogP contribution in [0.25, 0.3) is 11.5 Å². The Kier molecular flexibility index (Phi) is 5.92. The molecule has 0 unspecified atom stereocenters. The molecule has 4 aromatic rings. The number of hydrogen-bond acceptors (Lipinski definition) is 7. The smallest absolute Gasteiger partial charge is 0.248 e. The molecule has 0 radical (unpaired) electrons. The van der Waals surface area contributed by atoms with Gasteiger partial charge in [-0.05, 0) is 23.1 Å². The van der Waals surface area contributed by atoms with E-state index in [1.54, 1.807) is 29.7 Å². The van der Waals surface area contributed by atoms with Gasteiger partial charge in [-0.25, -0.2) is 4.98 Å². The Morgan fingerprint density at radius 2 is 2.00 bits per heavy atom.